The molecule has 0 atom stereocenters. The summed E-state index contributed by atoms with van der Waals surface area (Å²) in [5.41, 5.74) is 0. The predicted molar refractivity (Wildman–Crippen MR) is 62.7 cm³/mol. The van der Waals surface area contributed by atoms with Crippen LogP contribution in [0.4, 0.5) is 0 Å². The van der Waals surface area contributed by atoms with Gasteiger partial charge in [0.15, 0.2) is 0 Å². The molecule has 0 saturated carbocycles. The summed E-state index contributed by atoms with van der Waals surface area (Å²) in [5.74, 6) is 0. The number of hydrogen-bond acceptors (Lipinski definition) is 1. The first-order valence-corrected chi connectivity index (χ1v) is 15.5. The van der Waals surface area contributed by atoms with Crippen molar-refractivity contribution in [2.45, 2.75) is 49.9 Å². The Morgan fingerprint density at radius 2 is 1.54 bits per heavy atom. The van der Waals surface area contributed by atoms with E-state index in [0.717, 1.165) is 10.9 Å². The van der Waals surface area contributed by atoms with Gasteiger partial charge in [0.25, 0.3) is 0 Å². The van der Waals surface area contributed by atoms with Crippen molar-refractivity contribution in [3.8, 4) is 0 Å². The number of halogens is 2. The Balaban J connectivity index is 3.16. The van der Waals surface area contributed by atoms with Gasteiger partial charge in [-0.05, 0) is 0 Å². The standard InChI is InChI=1S/C8H17.CH3O.2ClH.Sn/c1-3-5-7-8-6-4-2;1-2;;;/h1,3-8H2,2H3;1H3;2*1H;/q;-1;;;+3/p-2. The third-order valence-corrected chi connectivity index (χ3v) is 11.1. The van der Waals surface area contributed by atoms with Crippen molar-refractivity contribution >= 4 is 34.4 Å². The van der Waals surface area contributed by atoms with Crippen molar-refractivity contribution in [1.29, 1.82) is 0 Å². The van der Waals surface area contributed by atoms with E-state index in [0.29, 0.717) is 0 Å². The SMILES string of the molecule is CCCCCCC[CH2][Sn]([Cl])([Cl])[O]C. The monoisotopic (exact) mass is 334 g/mol. The van der Waals surface area contributed by atoms with E-state index in [1.54, 1.807) is 7.11 Å². The molecule has 0 radical (unpaired) electrons. The molecule has 1 nitrogen and oxygen atoms in total. The fraction of sp³-hybridized carbons (Fsp3) is 1.00. The van der Waals surface area contributed by atoms with Crippen molar-refractivity contribution in [3.05, 3.63) is 0 Å². The Hall–Kier alpha value is 1.34. The molecule has 0 aliphatic carbocycles. The van der Waals surface area contributed by atoms with Crippen molar-refractivity contribution in [2.75, 3.05) is 7.11 Å². The quantitative estimate of drug-likeness (QED) is 0.472. The summed E-state index contributed by atoms with van der Waals surface area (Å²) >= 11 is -2.98. The molecular formula is C9H20Cl2OSn. The van der Waals surface area contributed by atoms with E-state index in [4.69, 9.17) is 20.9 Å². The molecule has 0 aromatic rings. The third-order valence-electron chi connectivity index (χ3n) is 2.12. The maximum absolute atomic E-state index is 6.01. The molecule has 80 valence electrons. The van der Waals surface area contributed by atoms with E-state index < -0.39 is 16.5 Å². The number of unbranched alkanes of at least 4 members (excludes halogenated alkanes) is 5. The Labute approximate surface area is 94.0 Å². The van der Waals surface area contributed by atoms with Crippen LogP contribution < -0.4 is 0 Å². The van der Waals surface area contributed by atoms with Crippen molar-refractivity contribution in [3.63, 3.8) is 0 Å². The maximum atomic E-state index is 6.01. The van der Waals surface area contributed by atoms with Crippen LogP contribution in [0.15, 0.2) is 0 Å². The van der Waals surface area contributed by atoms with Crippen LogP contribution in [0.5, 0.6) is 0 Å². The van der Waals surface area contributed by atoms with Crippen molar-refractivity contribution in [1.82, 2.24) is 0 Å². The average Bonchev–Trinajstić information content (AvgIpc) is 2.11. The fourth-order valence-electron chi connectivity index (χ4n) is 1.21. The zero-order valence-electron chi connectivity index (χ0n) is 8.61. The molecule has 0 aromatic carbocycles. The van der Waals surface area contributed by atoms with Crippen LogP contribution >= 0.6 is 17.8 Å². The molecule has 4 heteroatoms. The zero-order chi connectivity index (χ0) is 10.2. The van der Waals surface area contributed by atoms with E-state index >= 15 is 0 Å². The first-order chi connectivity index (χ1) is 6.12. The Morgan fingerprint density at radius 1 is 1.00 bits per heavy atom. The molecule has 0 aromatic heterocycles. The van der Waals surface area contributed by atoms with Crippen LogP contribution in [0.2, 0.25) is 4.44 Å². The first-order valence-electron chi connectivity index (χ1n) is 5.05. The topological polar surface area (TPSA) is 9.23 Å². The van der Waals surface area contributed by atoms with Gasteiger partial charge >= 0.3 is 94.4 Å². The van der Waals surface area contributed by atoms with Gasteiger partial charge in [0.1, 0.15) is 0 Å². The van der Waals surface area contributed by atoms with Crippen LogP contribution in [-0.4, -0.2) is 23.6 Å². The van der Waals surface area contributed by atoms with Crippen LogP contribution in [0, 0.1) is 0 Å². The molecule has 0 N–H and O–H groups in total. The van der Waals surface area contributed by atoms with Gasteiger partial charge in [-0.15, -0.1) is 0 Å². The second kappa shape index (κ2) is 8.63. The number of hydrogen-bond donors (Lipinski definition) is 0. The number of rotatable bonds is 8. The van der Waals surface area contributed by atoms with Crippen LogP contribution in [0.1, 0.15) is 45.4 Å². The summed E-state index contributed by atoms with van der Waals surface area (Å²) < 4.78 is 6.04. The second-order valence-corrected chi connectivity index (χ2v) is 19.1. The molecule has 0 fully saturated rings. The van der Waals surface area contributed by atoms with Crippen LogP contribution in [-0.2, 0) is 3.07 Å². The van der Waals surface area contributed by atoms with E-state index in [1.165, 1.54) is 32.1 Å². The normalized spacial score (nSPS) is 12.0. The summed E-state index contributed by atoms with van der Waals surface area (Å²) in [6, 6.07) is 0. The first kappa shape index (κ1) is 14.3. The second-order valence-electron chi connectivity index (χ2n) is 3.36. The molecule has 0 unspecified atom stereocenters. The molecule has 0 spiro atoms. The molecule has 0 aliphatic heterocycles. The van der Waals surface area contributed by atoms with E-state index in [-0.39, 0.29) is 0 Å². The fourth-order valence-corrected chi connectivity index (χ4v) is 5.48. The van der Waals surface area contributed by atoms with E-state index in [2.05, 4.69) is 6.92 Å². The van der Waals surface area contributed by atoms with Gasteiger partial charge in [0.05, 0.1) is 0 Å². The molecule has 0 saturated heterocycles. The molecular weight excluding hydrogens is 314 g/mol. The Kier molecular flexibility index (Phi) is 9.52. The minimum atomic E-state index is -2.98. The Morgan fingerprint density at radius 3 is 2.08 bits per heavy atom. The van der Waals surface area contributed by atoms with Gasteiger partial charge < -0.3 is 0 Å². The minimum absolute atomic E-state index is 0.931. The van der Waals surface area contributed by atoms with Gasteiger partial charge in [0, 0.05) is 0 Å². The van der Waals surface area contributed by atoms with E-state index in [9.17, 15) is 0 Å². The van der Waals surface area contributed by atoms with Gasteiger partial charge in [-0.1, -0.05) is 0 Å². The summed E-state index contributed by atoms with van der Waals surface area (Å²) in [4.78, 5) is 0. The summed E-state index contributed by atoms with van der Waals surface area (Å²) in [6.45, 7) is 2.23. The van der Waals surface area contributed by atoms with Crippen LogP contribution in [0.25, 0.3) is 0 Å². The summed E-state index contributed by atoms with van der Waals surface area (Å²) in [5, 5.41) is 0. The van der Waals surface area contributed by atoms with Crippen molar-refractivity contribution in [2.24, 2.45) is 0 Å². The summed E-state index contributed by atoms with van der Waals surface area (Å²) in [7, 11) is 13.7. The third kappa shape index (κ3) is 9.64. The Bertz CT molecular complexity index is 120. The summed E-state index contributed by atoms with van der Waals surface area (Å²) in [6.07, 6.45) is 7.69. The molecule has 0 bridgehead atoms. The van der Waals surface area contributed by atoms with E-state index in [1.807, 2.05) is 0 Å². The zero-order valence-corrected chi connectivity index (χ0v) is 13.0. The van der Waals surface area contributed by atoms with Gasteiger partial charge in [-0.25, -0.2) is 0 Å². The van der Waals surface area contributed by atoms with Crippen LogP contribution in [0.3, 0.4) is 0 Å². The van der Waals surface area contributed by atoms with Gasteiger partial charge in [-0.3, -0.25) is 0 Å². The molecule has 0 aliphatic rings. The predicted octanol–water partition coefficient (Wildman–Crippen LogP) is 4.41. The average molecular weight is 334 g/mol. The van der Waals surface area contributed by atoms with Gasteiger partial charge in [-0.2, -0.15) is 0 Å². The van der Waals surface area contributed by atoms with Crippen molar-refractivity contribution < 1.29 is 3.07 Å². The molecule has 13 heavy (non-hydrogen) atoms. The molecule has 0 amide bonds. The molecule has 0 rings (SSSR count). The molecule has 0 heterocycles. The van der Waals surface area contributed by atoms with Gasteiger partial charge in [0.2, 0.25) is 0 Å².